The minimum atomic E-state index is -2.51. The number of nitrogens with zero attached hydrogens (tertiary/aromatic N) is 3. The highest BCUT2D eigenvalue weighted by molar-refractivity contribution is 6.17. The number of fused-ring (bicyclic) bond motifs is 7. The number of hydrogen-bond acceptors (Lipinski definition) is 4. The maximum atomic E-state index is 9.53. The summed E-state index contributed by atoms with van der Waals surface area (Å²) in [7, 11) is 0. The van der Waals surface area contributed by atoms with E-state index in [1.54, 1.807) is 36.4 Å². The summed E-state index contributed by atoms with van der Waals surface area (Å²) in [4.78, 5) is 5.26. The quantitative estimate of drug-likeness (QED) is 0.175. The molecule has 3 heterocycles. The van der Waals surface area contributed by atoms with Crippen LogP contribution >= 0.6 is 0 Å². The number of rotatable bonds is 5. The molecule has 0 N–H and O–H groups in total. The lowest BCUT2D eigenvalue weighted by molar-refractivity contribution is 0.589. The molecular formula is C52H49N3O2. The summed E-state index contributed by atoms with van der Waals surface area (Å²) in [5.41, 5.74) is 12.8. The number of furan rings is 2. The molecule has 0 aliphatic carbocycles. The van der Waals surface area contributed by atoms with E-state index in [4.69, 9.17) is 22.0 Å². The van der Waals surface area contributed by atoms with Gasteiger partial charge in [0, 0.05) is 29.8 Å². The van der Waals surface area contributed by atoms with E-state index in [0.29, 0.717) is 61.1 Å². The van der Waals surface area contributed by atoms with Gasteiger partial charge < -0.3 is 8.83 Å². The van der Waals surface area contributed by atoms with Gasteiger partial charge in [0.2, 0.25) is 0 Å². The first-order chi connectivity index (χ1) is 29.6. The molecule has 0 bridgehead atoms. The normalized spacial score (nSPS) is 14.4. The Morgan fingerprint density at radius 1 is 0.719 bits per heavy atom. The smallest absolute Gasteiger partial charge is 0.149 e. The van der Waals surface area contributed by atoms with E-state index in [1.165, 1.54) is 22.3 Å². The molecule has 0 aliphatic heterocycles. The summed E-state index contributed by atoms with van der Waals surface area (Å²) in [5.74, 6) is 0.422. The van der Waals surface area contributed by atoms with E-state index in [9.17, 15) is 5.26 Å². The van der Waals surface area contributed by atoms with Gasteiger partial charge in [-0.15, -0.1) is 0 Å². The maximum absolute atomic E-state index is 9.53. The van der Waals surface area contributed by atoms with Crippen molar-refractivity contribution in [3.8, 4) is 34.3 Å². The number of para-hydroxylation sites is 1. The van der Waals surface area contributed by atoms with Crippen molar-refractivity contribution in [3.05, 3.63) is 129 Å². The van der Waals surface area contributed by atoms with Crippen LogP contribution in [0, 0.1) is 38.9 Å². The summed E-state index contributed by atoms with van der Waals surface area (Å²) >= 11 is 0. The molecule has 0 amide bonds. The fourth-order valence-electron chi connectivity index (χ4n) is 8.73. The summed E-state index contributed by atoms with van der Waals surface area (Å²) in [5, 5.41) is 12.0. The second kappa shape index (κ2) is 13.0. The lowest BCUT2D eigenvalue weighted by Gasteiger charge is -2.26. The zero-order valence-electron chi connectivity index (χ0n) is 39.9. The van der Waals surface area contributed by atoms with Gasteiger partial charge in [-0.3, -0.25) is 4.57 Å². The zero-order valence-corrected chi connectivity index (χ0v) is 33.9. The van der Waals surface area contributed by atoms with Gasteiger partial charge in [0.15, 0.2) is 0 Å². The Kier molecular flexibility index (Phi) is 6.84. The third kappa shape index (κ3) is 5.68. The molecule has 0 radical (unpaired) electrons. The van der Waals surface area contributed by atoms with Gasteiger partial charge in [-0.1, -0.05) is 78.8 Å². The van der Waals surface area contributed by atoms with Gasteiger partial charge in [0.05, 0.1) is 33.9 Å². The molecule has 0 spiro atoms. The number of aryl methyl sites for hydroxylation is 4. The average Bonchev–Trinajstić information content (AvgIpc) is 3.88. The first kappa shape index (κ1) is 30.1. The molecule has 9 rings (SSSR count). The van der Waals surface area contributed by atoms with Crippen LogP contribution < -0.4 is 0 Å². The van der Waals surface area contributed by atoms with Crippen molar-refractivity contribution in [1.82, 2.24) is 9.55 Å². The Labute approximate surface area is 343 Å². The van der Waals surface area contributed by atoms with Crippen molar-refractivity contribution < 1.29 is 17.1 Å². The fourth-order valence-corrected chi connectivity index (χ4v) is 8.73. The molecule has 284 valence electrons. The number of benzene rings is 6. The Bertz CT molecular complexity index is 3350. The van der Waals surface area contributed by atoms with Crippen LogP contribution in [0.3, 0.4) is 0 Å². The lowest BCUT2D eigenvalue weighted by Crippen LogP contribution is -2.12. The monoisotopic (exact) mass is 753 g/mol. The third-order valence-electron chi connectivity index (χ3n) is 11.6. The van der Waals surface area contributed by atoms with Crippen molar-refractivity contribution >= 4 is 54.9 Å². The molecule has 3 aromatic heterocycles. The first-order valence-electron chi connectivity index (χ1n) is 22.7. The van der Waals surface area contributed by atoms with Gasteiger partial charge in [-0.05, 0) is 149 Å². The minimum absolute atomic E-state index is 0.00390. The second-order valence-corrected chi connectivity index (χ2v) is 17.2. The topological polar surface area (TPSA) is 67.9 Å². The highest BCUT2D eigenvalue weighted by Gasteiger charge is 2.28. The molecule has 0 aliphatic rings. The van der Waals surface area contributed by atoms with Crippen molar-refractivity contribution in [3.63, 3.8) is 0 Å². The van der Waals surface area contributed by atoms with E-state index in [2.05, 4.69) is 92.6 Å². The average molecular weight is 754 g/mol. The van der Waals surface area contributed by atoms with E-state index >= 15 is 0 Å². The van der Waals surface area contributed by atoms with E-state index in [0.717, 1.165) is 33.2 Å². The SMILES string of the molecule is [2H]C([2H])([2H])c1ccc(-c2nc3cccc(C([2H])([2H])[2H])c3n2-c2c(C(C)C)cc(-c3c(C)cc(C(C)(C)C)cc3C)cc2C(C)C)c2oc3cc4c(cc3c12)oc1cc(C#N)ccc14. The number of hydrogen-bond donors (Lipinski definition) is 0. The Morgan fingerprint density at radius 2 is 1.39 bits per heavy atom. The highest BCUT2D eigenvalue weighted by atomic mass is 16.3. The number of aromatic nitrogens is 2. The fraction of sp³-hybridized carbons (Fsp3) is 0.269. The molecule has 0 unspecified atom stereocenters. The predicted octanol–water partition coefficient (Wildman–Crippen LogP) is 14.8. The Morgan fingerprint density at radius 3 is 2.04 bits per heavy atom. The predicted molar refractivity (Wildman–Crippen MR) is 237 cm³/mol. The summed E-state index contributed by atoms with van der Waals surface area (Å²) < 4.78 is 67.4. The van der Waals surface area contributed by atoms with Crippen LogP contribution in [-0.2, 0) is 5.41 Å². The van der Waals surface area contributed by atoms with Gasteiger partial charge in [-0.2, -0.15) is 5.26 Å². The molecule has 0 saturated heterocycles. The van der Waals surface area contributed by atoms with Gasteiger partial charge in [-0.25, -0.2) is 4.98 Å². The van der Waals surface area contributed by atoms with Gasteiger partial charge >= 0.3 is 0 Å². The summed E-state index contributed by atoms with van der Waals surface area (Å²) in [6, 6.07) is 28.7. The molecular weight excluding hydrogens is 699 g/mol. The second-order valence-electron chi connectivity index (χ2n) is 17.2. The molecule has 57 heavy (non-hydrogen) atoms. The Balaban J connectivity index is 1.41. The van der Waals surface area contributed by atoms with Crippen LogP contribution in [0.4, 0.5) is 0 Å². The van der Waals surface area contributed by atoms with E-state index < -0.39 is 13.7 Å². The molecule has 5 heteroatoms. The van der Waals surface area contributed by atoms with E-state index in [1.807, 2.05) is 28.8 Å². The summed E-state index contributed by atoms with van der Waals surface area (Å²) in [6.45, 7) is 14.6. The van der Waals surface area contributed by atoms with Crippen molar-refractivity contribution in [2.24, 2.45) is 0 Å². The standard InChI is InChI=1S/C52H49N3O2/c1-27(2)38-22-34(46-31(7)19-35(20-32(46)8)52(9,10)11)23-39(28(3)4)49(38)55-48-30(6)13-12-14-42(48)54-51(55)37-17-15-29(5)47-41-25-44-40(24-45(41)57-50(37)47)36-18-16-33(26-53)21-43(36)56-44/h12-25,27-28H,1-11H3/i5D3,6D3. The van der Waals surface area contributed by atoms with Crippen LogP contribution in [0.1, 0.15) is 113 Å². The van der Waals surface area contributed by atoms with Crippen LogP contribution in [0.15, 0.2) is 93.8 Å². The van der Waals surface area contributed by atoms with Crippen LogP contribution in [0.2, 0.25) is 0 Å². The number of nitriles is 1. The van der Waals surface area contributed by atoms with E-state index in [-0.39, 0.29) is 28.4 Å². The molecule has 0 saturated carbocycles. The van der Waals surface area contributed by atoms with Gasteiger partial charge in [0.1, 0.15) is 28.2 Å². The van der Waals surface area contributed by atoms with Crippen molar-refractivity contribution in [2.45, 2.75) is 93.3 Å². The maximum Gasteiger partial charge on any atom is 0.149 e. The summed E-state index contributed by atoms with van der Waals surface area (Å²) in [6.07, 6.45) is 0. The van der Waals surface area contributed by atoms with Crippen molar-refractivity contribution in [1.29, 1.82) is 5.26 Å². The van der Waals surface area contributed by atoms with Crippen LogP contribution in [-0.4, -0.2) is 9.55 Å². The lowest BCUT2D eigenvalue weighted by atomic mass is 9.81. The largest absolute Gasteiger partial charge is 0.456 e. The minimum Gasteiger partial charge on any atom is -0.456 e. The molecule has 9 aromatic rings. The van der Waals surface area contributed by atoms with Gasteiger partial charge in [0.25, 0.3) is 0 Å². The zero-order chi connectivity index (χ0) is 45.2. The van der Waals surface area contributed by atoms with Crippen molar-refractivity contribution in [2.75, 3.05) is 0 Å². The highest BCUT2D eigenvalue weighted by Crippen LogP contribution is 2.46. The molecule has 6 aromatic carbocycles. The van der Waals surface area contributed by atoms with Crippen LogP contribution in [0.25, 0.3) is 83.1 Å². The molecule has 0 atom stereocenters. The third-order valence-corrected chi connectivity index (χ3v) is 11.6. The molecule has 0 fully saturated rings. The number of imidazole rings is 1. The Hall–Kier alpha value is -6.12. The molecule has 5 nitrogen and oxygen atoms in total. The first-order valence-corrected chi connectivity index (χ1v) is 19.7. The van der Waals surface area contributed by atoms with Crippen LogP contribution in [0.5, 0.6) is 0 Å².